The van der Waals surface area contributed by atoms with Crippen LogP contribution in [0, 0.1) is 0 Å². The molecule has 3 aromatic rings. The molecule has 0 saturated heterocycles. The van der Waals surface area contributed by atoms with Crippen LogP contribution in [-0.2, 0) is 10.0 Å². The molecule has 1 aromatic carbocycles. The normalized spacial score (nSPS) is 11.4. The predicted octanol–water partition coefficient (Wildman–Crippen LogP) is 1.72. The summed E-state index contributed by atoms with van der Waals surface area (Å²) < 4.78 is 27.1. The van der Waals surface area contributed by atoms with Crippen LogP contribution in [0.1, 0.15) is 0 Å². The Morgan fingerprint density at radius 2 is 1.95 bits per heavy atom. The summed E-state index contributed by atoms with van der Waals surface area (Å²) in [5.41, 5.74) is 0.475. The van der Waals surface area contributed by atoms with Crippen molar-refractivity contribution >= 4 is 26.6 Å². The summed E-state index contributed by atoms with van der Waals surface area (Å²) in [6.45, 7) is 0. The van der Waals surface area contributed by atoms with E-state index in [0.29, 0.717) is 16.6 Å². The second-order valence-electron chi connectivity index (χ2n) is 4.35. The van der Waals surface area contributed by atoms with Crippen LogP contribution in [0.4, 0.5) is 5.69 Å². The van der Waals surface area contributed by atoms with E-state index in [2.05, 4.69) is 14.7 Å². The molecule has 2 N–H and O–H groups in total. The molecule has 106 valence electrons. The van der Waals surface area contributed by atoms with Crippen molar-refractivity contribution in [1.82, 2.24) is 9.97 Å². The van der Waals surface area contributed by atoms with E-state index >= 15 is 0 Å². The first-order valence-electron chi connectivity index (χ1n) is 6.11. The molecule has 2 heterocycles. The van der Waals surface area contributed by atoms with Gasteiger partial charge in [-0.15, -0.1) is 0 Å². The lowest BCUT2D eigenvalue weighted by Crippen LogP contribution is -2.21. The van der Waals surface area contributed by atoms with Crippen LogP contribution >= 0.6 is 0 Å². The van der Waals surface area contributed by atoms with Crippen molar-refractivity contribution < 1.29 is 8.42 Å². The van der Waals surface area contributed by atoms with Gasteiger partial charge in [0.05, 0.1) is 11.2 Å². The molecule has 0 spiro atoms. The van der Waals surface area contributed by atoms with Gasteiger partial charge in [-0.25, -0.2) is 8.42 Å². The highest BCUT2D eigenvalue weighted by Gasteiger charge is 2.18. The lowest BCUT2D eigenvalue weighted by molar-refractivity contribution is 0.600. The molecule has 7 heteroatoms. The van der Waals surface area contributed by atoms with E-state index in [4.69, 9.17) is 0 Å². The zero-order valence-corrected chi connectivity index (χ0v) is 11.6. The van der Waals surface area contributed by atoms with Crippen LogP contribution < -0.4 is 10.2 Å². The minimum absolute atomic E-state index is 0.328. The van der Waals surface area contributed by atoms with Crippen molar-refractivity contribution in [2.24, 2.45) is 0 Å². The van der Waals surface area contributed by atoms with Crippen molar-refractivity contribution in [1.29, 1.82) is 0 Å². The maximum Gasteiger partial charge on any atom is 0.267 e. The van der Waals surface area contributed by atoms with Crippen molar-refractivity contribution in [2.45, 2.75) is 4.90 Å². The van der Waals surface area contributed by atoms with Crippen molar-refractivity contribution in [2.75, 3.05) is 4.72 Å². The average Bonchev–Trinajstić information content (AvgIpc) is 2.47. The highest BCUT2D eigenvalue weighted by Crippen LogP contribution is 2.23. The number of nitrogens with one attached hydrogen (secondary N) is 2. The molecule has 3 rings (SSSR count). The number of sulfonamides is 1. The van der Waals surface area contributed by atoms with E-state index in [1.54, 1.807) is 36.5 Å². The number of rotatable bonds is 3. The Kier molecular flexibility index (Phi) is 3.19. The molecule has 0 fully saturated rings. The molecule has 2 aromatic heterocycles. The number of H-pyrrole nitrogens is 1. The fourth-order valence-corrected chi connectivity index (χ4v) is 3.14. The average molecular weight is 301 g/mol. The number of benzene rings is 1. The summed E-state index contributed by atoms with van der Waals surface area (Å²) >= 11 is 0. The van der Waals surface area contributed by atoms with Crippen LogP contribution in [0.25, 0.3) is 10.9 Å². The van der Waals surface area contributed by atoms with Gasteiger partial charge in [-0.2, -0.15) is 0 Å². The van der Waals surface area contributed by atoms with Gasteiger partial charge in [-0.3, -0.25) is 14.5 Å². The van der Waals surface area contributed by atoms with Gasteiger partial charge in [-0.1, -0.05) is 6.07 Å². The Labute approximate surface area is 120 Å². The topological polar surface area (TPSA) is 91.9 Å². The molecule has 0 saturated carbocycles. The number of pyridine rings is 2. The molecular weight excluding hydrogens is 290 g/mol. The Balaban J connectivity index is 2.10. The van der Waals surface area contributed by atoms with Gasteiger partial charge in [0.1, 0.15) is 0 Å². The number of anilines is 1. The lowest BCUT2D eigenvalue weighted by atomic mass is 10.2. The third-order valence-electron chi connectivity index (χ3n) is 2.97. The number of fused-ring (bicyclic) bond motifs is 1. The molecule has 0 aliphatic carbocycles. The zero-order chi connectivity index (χ0) is 14.9. The van der Waals surface area contributed by atoms with Gasteiger partial charge >= 0.3 is 0 Å². The second-order valence-corrected chi connectivity index (χ2v) is 6.00. The summed E-state index contributed by atoms with van der Waals surface area (Å²) in [5.74, 6) is 0. The van der Waals surface area contributed by atoms with Crippen molar-refractivity contribution in [3.8, 4) is 0 Å². The van der Waals surface area contributed by atoms with E-state index in [1.807, 2.05) is 0 Å². The summed E-state index contributed by atoms with van der Waals surface area (Å²) in [6.07, 6.45) is 4.17. The van der Waals surface area contributed by atoms with Crippen LogP contribution in [-0.4, -0.2) is 18.4 Å². The molecule has 0 atom stereocenters. The summed E-state index contributed by atoms with van der Waals surface area (Å²) in [5, 5.41) is 0.663. The van der Waals surface area contributed by atoms with E-state index in [-0.39, 0.29) is 4.90 Å². The molecule has 0 aliphatic heterocycles. The van der Waals surface area contributed by atoms with E-state index < -0.39 is 15.5 Å². The summed E-state index contributed by atoms with van der Waals surface area (Å²) in [4.78, 5) is 18.1. The number of hydrogen-bond acceptors (Lipinski definition) is 4. The summed E-state index contributed by atoms with van der Waals surface area (Å²) in [7, 11) is -3.96. The highest BCUT2D eigenvalue weighted by atomic mass is 32.2. The van der Waals surface area contributed by atoms with Crippen LogP contribution in [0.2, 0.25) is 0 Å². The van der Waals surface area contributed by atoms with Gasteiger partial charge in [0.25, 0.3) is 10.0 Å². The van der Waals surface area contributed by atoms with Gasteiger partial charge in [-0.05, 0) is 24.3 Å². The minimum atomic E-state index is -3.96. The zero-order valence-electron chi connectivity index (χ0n) is 10.8. The highest BCUT2D eigenvalue weighted by molar-refractivity contribution is 7.92. The van der Waals surface area contributed by atoms with E-state index in [0.717, 1.165) is 6.20 Å². The lowest BCUT2D eigenvalue weighted by Gasteiger charge is -2.09. The number of hydrogen-bond donors (Lipinski definition) is 2. The minimum Gasteiger partial charge on any atom is -0.366 e. The first-order valence-corrected chi connectivity index (χ1v) is 7.60. The molecule has 6 nitrogen and oxygen atoms in total. The first-order chi connectivity index (χ1) is 10.1. The summed E-state index contributed by atoms with van der Waals surface area (Å²) in [6, 6.07) is 9.74. The predicted molar refractivity (Wildman–Crippen MR) is 79.6 cm³/mol. The largest absolute Gasteiger partial charge is 0.366 e. The molecule has 0 aliphatic rings. The Morgan fingerprint density at radius 3 is 2.76 bits per heavy atom. The number of aromatic amines is 1. The molecular formula is C14H11N3O3S. The van der Waals surface area contributed by atoms with Gasteiger partial charge in [0.15, 0.2) is 4.90 Å². The Bertz CT molecular complexity index is 959. The molecule has 0 amide bonds. The second kappa shape index (κ2) is 5.02. The maximum atomic E-state index is 12.3. The number of nitrogens with zero attached hydrogens (tertiary/aromatic N) is 1. The van der Waals surface area contributed by atoms with Crippen LogP contribution in [0.5, 0.6) is 0 Å². The van der Waals surface area contributed by atoms with Gasteiger partial charge in [0.2, 0.25) is 5.43 Å². The Hall–Kier alpha value is -2.67. The number of aromatic nitrogens is 2. The third-order valence-corrected chi connectivity index (χ3v) is 4.35. The smallest absolute Gasteiger partial charge is 0.267 e. The quantitative estimate of drug-likeness (QED) is 0.770. The first kappa shape index (κ1) is 13.3. The Morgan fingerprint density at radius 1 is 1.10 bits per heavy atom. The maximum absolute atomic E-state index is 12.3. The molecule has 0 unspecified atom stereocenters. The van der Waals surface area contributed by atoms with Gasteiger partial charge < -0.3 is 4.98 Å². The fourth-order valence-electron chi connectivity index (χ4n) is 2.00. The molecule has 0 radical (unpaired) electrons. The molecule has 0 bridgehead atoms. The van der Waals surface area contributed by atoms with Crippen molar-refractivity contribution in [3.63, 3.8) is 0 Å². The van der Waals surface area contributed by atoms with Crippen LogP contribution in [0.3, 0.4) is 0 Å². The standard InChI is InChI=1S/C14H11N3O3S/c18-13-6-8-15-9-14(13)21(19,20)17-12-5-1-4-11-10(12)3-2-7-16-11/h1-9,17H,(H,15,18). The van der Waals surface area contributed by atoms with E-state index in [9.17, 15) is 13.2 Å². The third kappa shape index (κ3) is 2.50. The van der Waals surface area contributed by atoms with E-state index in [1.165, 1.54) is 12.3 Å². The van der Waals surface area contributed by atoms with Gasteiger partial charge in [0, 0.05) is 30.0 Å². The fraction of sp³-hybridized carbons (Fsp3) is 0. The molecule has 21 heavy (non-hydrogen) atoms. The SMILES string of the molecule is O=c1cc[nH]cc1S(=O)(=O)Nc1cccc2ncccc12. The monoisotopic (exact) mass is 301 g/mol. The van der Waals surface area contributed by atoms with Crippen molar-refractivity contribution in [3.05, 3.63) is 65.2 Å². The van der Waals surface area contributed by atoms with Crippen LogP contribution in [0.15, 0.2) is 64.7 Å².